The number of ether oxygens (including phenoxy) is 1. The third-order valence-electron chi connectivity index (χ3n) is 4.22. The van der Waals surface area contributed by atoms with Crippen LogP contribution in [0.4, 0.5) is 22.0 Å². The summed E-state index contributed by atoms with van der Waals surface area (Å²) in [5.74, 6) is -2.06. The first-order valence-electron chi connectivity index (χ1n) is 8.59. The Balaban J connectivity index is 2.18. The van der Waals surface area contributed by atoms with Gasteiger partial charge < -0.3 is 4.74 Å². The van der Waals surface area contributed by atoms with Crippen LogP contribution in [-0.2, 0) is 17.6 Å². The second kappa shape index (κ2) is 9.13. The summed E-state index contributed by atoms with van der Waals surface area (Å²) in [5, 5.41) is 0. The normalized spacial score (nSPS) is 14.0. The first-order chi connectivity index (χ1) is 12.8. The van der Waals surface area contributed by atoms with Crippen LogP contribution in [-0.4, -0.2) is 19.4 Å². The van der Waals surface area contributed by atoms with Gasteiger partial charge in [-0.25, -0.2) is 8.78 Å². The molecule has 27 heavy (non-hydrogen) atoms. The molecule has 6 heteroatoms. The minimum absolute atomic E-state index is 0.0325. The molecule has 0 N–H and O–H groups in total. The molecule has 0 radical (unpaired) electrons. The van der Waals surface area contributed by atoms with E-state index < -0.39 is 30.4 Å². The summed E-state index contributed by atoms with van der Waals surface area (Å²) in [7, 11) is 0.982. The van der Waals surface area contributed by atoms with Crippen molar-refractivity contribution < 1.29 is 26.7 Å². The average molecular weight is 384 g/mol. The Hall–Kier alpha value is -2.21. The van der Waals surface area contributed by atoms with Crippen molar-refractivity contribution in [3.63, 3.8) is 0 Å². The number of rotatable bonds is 7. The van der Waals surface area contributed by atoms with Crippen molar-refractivity contribution in [2.75, 3.05) is 7.11 Å². The third kappa shape index (κ3) is 5.63. The molecule has 2 aromatic rings. The van der Waals surface area contributed by atoms with Crippen molar-refractivity contribution >= 4 is 11.7 Å². The molecular weight excluding hydrogens is 363 g/mol. The van der Waals surface area contributed by atoms with Crippen LogP contribution in [0.25, 0.3) is 11.7 Å². The molecular formula is C21H21F5O. The number of hydrogen-bond acceptors (Lipinski definition) is 1. The Labute approximate surface area is 155 Å². The molecule has 0 heterocycles. The van der Waals surface area contributed by atoms with Crippen molar-refractivity contribution in [2.45, 2.75) is 38.5 Å². The molecule has 1 nitrogen and oxygen atoms in total. The predicted molar refractivity (Wildman–Crippen MR) is 96.5 cm³/mol. The first-order valence-corrected chi connectivity index (χ1v) is 8.59. The first kappa shape index (κ1) is 21.1. The number of alkyl halides is 3. The van der Waals surface area contributed by atoms with Crippen molar-refractivity contribution in [3.8, 4) is 0 Å². The molecule has 0 saturated heterocycles. The maximum absolute atomic E-state index is 14.4. The van der Waals surface area contributed by atoms with Gasteiger partial charge in [-0.3, -0.25) is 0 Å². The minimum Gasteiger partial charge on any atom is -0.372 e. The molecule has 0 aliphatic heterocycles. The van der Waals surface area contributed by atoms with Crippen molar-refractivity contribution in [3.05, 3.63) is 70.8 Å². The van der Waals surface area contributed by atoms with Gasteiger partial charge in [-0.1, -0.05) is 61.9 Å². The molecule has 0 saturated carbocycles. The average Bonchev–Trinajstić information content (AvgIpc) is 2.65. The topological polar surface area (TPSA) is 9.23 Å². The molecule has 146 valence electrons. The molecule has 0 fully saturated rings. The lowest BCUT2D eigenvalue weighted by atomic mass is 10.0. The van der Waals surface area contributed by atoms with E-state index in [4.69, 9.17) is 0 Å². The summed E-state index contributed by atoms with van der Waals surface area (Å²) in [6.45, 7) is 2.03. The van der Waals surface area contributed by atoms with Crippen molar-refractivity contribution in [2.24, 2.45) is 0 Å². The fraction of sp³-hybridized carbons (Fsp3) is 0.333. The monoisotopic (exact) mass is 384 g/mol. The van der Waals surface area contributed by atoms with E-state index in [0.29, 0.717) is 5.56 Å². The van der Waals surface area contributed by atoms with Gasteiger partial charge in [-0.2, -0.15) is 13.2 Å². The van der Waals surface area contributed by atoms with E-state index in [-0.39, 0.29) is 11.1 Å². The van der Waals surface area contributed by atoms with Gasteiger partial charge in [-0.15, -0.1) is 0 Å². The molecule has 0 bridgehead atoms. The number of aryl methyl sites for hydroxylation is 1. The van der Waals surface area contributed by atoms with E-state index >= 15 is 0 Å². The molecule has 0 spiro atoms. The smallest absolute Gasteiger partial charge is 0.372 e. The number of halogens is 5. The van der Waals surface area contributed by atoms with Crippen LogP contribution in [0, 0.1) is 0 Å². The van der Waals surface area contributed by atoms with E-state index in [1.165, 1.54) is 36.4 Å². The summed E-state index contributed by atoms with van der Waals surface area (Å²) in [6, 6.07) is 11.7. The maximum atomic E-state index is 14.4. The summed E-state index contributed by atoms with van der Waals surface area (Å²) < 4.78 is 71.5. The van der Waals surface area contributed by atoms with Crippen LogP contribution < -0.4 is 0 Å². The van der Waals surface area contributed by atoms with Gasteiger partial charge in [0.05, 0.1) is 0 Å². The Morgan fingerprint density at radius 3 is 1.67 bits per heavy atom. The van der Waals surface area contributed by atoms with Crippen LogP contribution in [0.5, 0.6) is 0 Å². The molecule has 0 aromatic heterocycles. The second-order valence-electron chi connectivity index (χ2n) is 6.24. The zero-order valence-electron chi connectivity index (χ0n) is 15.1. The van der Waals surface area contributed by atoms with Crippen molar-refractivity contribution in [1.29, 1.82) is 0 Å². The lowest BCUT2D eigenvalue weighted by molar-refractivity contribution is -0.212. The fourth-order valence-corrected chi connectivity index (χ4v) is 2.69. The Morgan fingerprint density at radius 2 is 1.30 bits per heavy atom. The Kier molecular flexibility index (Phi) is 7.13. The van der Waals surface area contributed by atoms with E-state index in [9.17, 15) is 22.0 Å². The van der Waals surface area contributed by atoms with Gasteiger partial charge >= 0.3 is 6.18 Å². The van der Waals surface area contributed by atoms with Crippen LogP contribution in [0.3, 0.4) is 0 Å². The largest absolute Gasteiger partial charge is 0.414 e. The van der Waals surface area contributed by atoms with Crippen LogP contribution in [0.1, 0.15) is 35.6 Å². The summed E-state index contributed by atoms with van der Waals surface area (Å²) in [4.78, 5) is 0. The van der Waals surface area contributed by atoms with Gasteiger partial charge in [0.2, 0.25) is 0 Å². The van der Waals surface area contributed by atoms with Crippen LogP contribution >= 0.6 is 0 Å². The van der Waals surface area contributed by atoms with Crippen LogP contribution in [0.2, 0.25) is 0 Å². The van der Waals surface area contributed by atoms with E-state index in [1.54, 1.807) is 12.1 Å². The lowest BCUT2D eigenvalue weighted by Crippen LogP contribution is -2.32. The van der Waals surface area contributed by atoms with E-state index in [1.807, 2.05) is 6.92 Å². The Morgan fingerprint density at radius 1 is 0.852 bits per heavy atom. The maximum Gasteiger partial charge on any atom is 0.414 e. The van der Waals surface area contributed by atoms with Gasteiger partial charge in [0.1, 0.15) is 0 Å². The molecule has 0 amide bonds. The standard InChI is InChI=1S/C21H21F5O/c1-3-4-14-5-9-16(10-6-14)19(22)20(23)17-11-7-15(8-12-17)13-18(27-2)21(24,25)26/h5-12,18H,3-4,13H2,1-2H3/b20-19-. The lowest BCUT2D eigenvalue weighted by Gasteiger charge is -2.18. The molecule has 1 atom stereocenters. The molecule has 0 aliphatic carbocycles. The van der Waals surface area contributed by atoms with E-state index in [2.05, 4.69) is 4.74 Å². The Bertz CT molecular complexity index is 761. The van der Waals surface area contributed by atoms with Gasteiger partial charge in [0, 0.05) is 24.7 Å². The van der Waals surface area contributed by atoms with E-state index in [0.717, 1.165) is 25.5 Å². The number of hydrogen-bond donors (Lipinski definition) is 0. The van der Waals surface area contributed by atoms with Gasteiger partial charge in [-0.05, 0) is 17.5 Å². The molecule has 2 aromatic carbocycles. The summed E-state index contributed by atoms with van der Waals surface area (Å²) >= 11 is 0. The SMILES string of the molecule is CCCc1ccc(/C(F)=C(/F)c2ccc(CC(OC)C(F)(F)F)cc2)cc1. The summed E-state index contributed by atoms with van der Waals surface area (Å²) in [6.07, 6.45) is -5.02. The summed E-state index contributed by atoms with van der Waals surface area (Å²) in [5.41, 5.74) is 1.44. The zero-order valence-corrected chi connectivity index (χ0v) is 15.1. The quantitative estimate of drug-likeness (QED) is 0.390. The van der Waals surface area contributed by atoms with Gasteiger partial charge in [0.15, 0.2) is 17.8 Å². The van der Waals surface area contributed by atoms with Crippen LogP contribution in [0.15, 0.2) is 48.5 Å². The molecule has 0 aliphatic rings. The zero-order chi connectivity index (χ0) is 20.0. The third-order valence-corrected chi connectivity index (χ3v) is 4.22. The number of benzene rings is 2. The fourth-order valence-electron chi connectivity index (χ4n) is 2.69. The van der Waals surface area contributed by atoms with Gasteiger partial charge in [0.25, 0.3) is 0 Å². The van der Waals surface area contributed by atoms with Crippen molar-refractivity contribution in [1.82, 2.24) is 0 Å². The second-order valence-corrected chi connectivity index (χ2v) is 6.24. The highest BCUT2D eigenvalue weighted by Crippen LogP contribution is 2.30. The molecule has 2 rings (SSSR count). The molecule has 1 unspecified atom stereocenters. The highest BCUT2D eigenvalue weighted by Gasteiger charge is 2.39. The highest BCUT2D eigenvalue weighted by atomic mass is 19.4. The predicted octanol–water partition coefficient (Wildman–Crippen LogP) is 6.52. The minimum atomic E-state index is -4.49. The number of methoxy groups -OCH3 is 1. The highest BCUT2D eigenvalue weighted by molar-refractivity contribution is 5.83.